The van der Waals surface area contributed by atoms with Crippen molar-refractivity contribution in [2.45, 2.75) is 12.5 Å². The van der Waals surface area contributed by atoms with Crippen LogP contribution in [0.2, 0.25) is 5.02 Å². The van der Waals surface area contributed by atoms with E-state index in [0.29, 0.717) is 18.1 Å². The molecule has 29 heavy (non-hydrogen) atoms. The third kappa shape index (κ3) is 5.54. The van der Waals surface area contributed by atoms with Crippen molar-refractivity contribution in [2.75, 3.05) is 38.2 Å². The fourth-order valence-electron chi connectivity index (χ4n) is 3.43. The van der Waals surface area contributed by atoms with Crippen molar-refractivity contribution in [1.29, 1.82) is 0 Å². The smallest absolute Gasteiger partial charge is 0.312 e. The summed E-state index contributed by atoms with van der Waals surface area (Å²) in [4.78, 5) is 28.3. The summed E-state index contributed by atoms with van der Waals surface area (Å²) in [6.45, 7) is 2.73. The lowest BCUT2D eigenvalue weighted by Gasteiger charge is -2.36. The molecule has 7 nitrogen and oxygen atoms in total. The van der Waals surface area contributed by atoms with Gasteiger partial charge in [-0.05, 0) is 42.0 Å². The summed E-state index contributed by atoms with van der Waals surface area (Å²) < 4.78 is 5.19. The molecule has 0 spiro atoms. The number of amides is 3. The van der Waals surface area contributed by atoms with Gasteiger partial charge < -0.3 is 25.6 Å². The molecule has 1 saturated heterocycles. The molecule has 1 aliphatic heterocycles. The van der Waals surface area contributed by atoms with Crippen LogP contribution in [0, 0.1) is 0 Å². The van der Waals surface area contributed by atoms with Gasteiger partial charge in [-0.25, -0.2) is 4.79 Å². The van der Waals surface area contributed by atoms with E-state index in [9.17, 15) is 9.59 Å². The summed E-state index contributed by atoms with van der Waals surface area (Å²) in [6, 6.07) is 13.8. The number of hydrogen-bond donors (Lipinski definition) is 2. The first-order valence-corrected chi connectivity index (χ1v) is 9.82. The van der Waals surface area contributed by atoms with E-state index in [1.165, 1.54) is 0 Å². The summed E-state index contributed by atoms with van der Waals surface area (Å²) in [7, 11) is 1.64. The Labute approximate surface area is 175 Å². The number of carbonyl (C=O) groups is 2. The van der Waals surface area contributed by atoms with E-state index in [0.717, 1.165) is 30.1 Å². The van der Waals surface area contributed by atoms with Crippen LogP contribution >= 0.6 is 11.6 Å². The molecule has 1 aliphatic rings. The van der Waals surface area contributed by atoms with Crippen molar-refractivity contribution < 1.29 is 14.3 Å². The van der Waals surface area contributed by atoms with Crippen LogP contribution in [0.1, 0.15) is 18.0 Å². The highest BCUT2D eigenvalue weighted by Crippen LogP contribution is 2.23. The monoisotopic (exact) mass is 416 g/mol. The van der Waals surface area contributed by atoms with Crippen molar-refractivity contribution >= 4 is 29.2 Å². The Kier molecular flexibility index (Phi) is 6.82. The summed E-state index contributed by atoms with van der Waals surface area (Å²) in [5.74, 6) is 0.797. The van der Waals surface area contributed by atoms with Crippen LogP contribution in [0.5, 0.6) is 5.75 Å². The van der Waals surface area contributed by atoms with Gasteiger partial charge in [0.2, 0.25) is 5.91 Å². The summed E-state index contributed by atoms with van der Waals surface area (Å²) in [6.07, 6.45) is 0.146. The number of carbonyl (C=O) groups excluding carboxylic acids is 2. The molecule has 3 amide bonds. The Balaban J connectivity index is 1.59. The fourth-order valence-corrected chi connectivity index (χ4v) is 3.56. The summed E-state index contributed by atoms with van der Waals surface area (Å²) in [5, 5.41) is 3.25. The van der Waals surface area contributed by atoms with Gasteiger partial charge in [-0.3, -0.25) is 4.79 Å². The van der Waals surface area contributed by atoms with Gasteiger partial charge in [0.05, 0.1) is 19.6 Å². The fraction of sp³-hybridized carbons (Fsp3) is 0.333. The number of urea groups is 1. The molecule has 0 aliphatic carbocycles. The van der Waals surface area contributed by atoms with E-state index in [2.05, 4.69) is 10.2 Å². The molecule has 0 unspecified atom stereocenters. The molecule has 2 aromatic rings. The number of rotatable bonds is 6. The second-order valence-corrected chi connectivity index (χ2v) is 7.32. The first-order valence-electron chi connectivity index (χ1n) is 9.44. The Bertz CT molecular complexity index is 834. The maximum Gasteiger partial charge on any atom is 0.312 e. The lowest BCUT2D eigenvalue weighted by Crippen LogP contribution is -2.49. The maximum absolute atomic E-state index is 12.8. The first kappa shape index (κ1) is 20.8. The van der Waals surface area contributed by atoms with Crippen LogP contribution in [0.3, 0.4) is 0 Å². The van der Waals surface area contributed by atoms with Crippen LogP contribution in [-0.4, -0.2) is 50.1 Å². The van der Waals surface area contributed by atoms with Gasteiger partial charge in [0, 0.05) is 36.9 Å². The van der Waals surface area contributed by atoms with Gasteiger partial charge in [-0.2, -0.15) is 0 Å². The molecule has 0 aromatic heterocycles. The van der Waals surface area contributed by atoms with Gasteiger partial charge in [-0.1, -0.05) is 23.7 Å². The number of nitrogens with one attached hydrogen (secondary N) is 1. The Morgan fingerprint density at radius 1 is 1.07 bits per heavy atom. The molecule has 8 heteroatoms. The minimum Gasteiger partial charge on any atom is -0.497 e. The van der Waals surface area contributed by atoms with Crippen LogP contribution in [-0.2, 0) is 4.79 Å². The highest BCUT2D eigenvalue weighted by atomic mass is 35.5. The molecule has 0 saturated carbocycles. The third-order valence-corrected chi connectivity index (χ3v) is 5.29. The Hall–Kier alpha value is -2.93. The number of ether oxygens (including phenoxy) is 1. The van der Waals surface area contributed by atoms with Crippen molar-refractivity contribution in [2.24, 2.45) is 5.73 Å². The SMILES string of the molecule is COc1ccc(N2CCN(C(=O)C[C@H](NC(N)=O)c3ccc(Cl)cc3)CC2)cc1. The molecule has 0 bridgehead atoms. The molecule has 1 fully saturated rings. The standard InChI is InChI=1S/C21H25ClN4O3/c1-29-18-8-6-17(7-9-18)25-10-12-26(13-11-25)20(27)14-19(24-21(23)28)15-2-4-16(22)5-3-15/h2-9,19H,10-14H2,1H3,(H3,23,24,28)/t19-/m0/s1. The zero-order valence-electron chi connectivity index (χ0n) is 16.3. The van der Waals surface area contributed by atoms with E-state index < -0.39 is 12.1 Å². The molecule has 3 N–H and O–H groups in total. The van der Waals surface area contributed by atoms with Crippen molar-refractivity contribution in [3.05, 3.63) is 59.1 Å². The van der Waals surface area contributed by atoms with Gasteiger partial charge in [-0.15, -0.1) is 0 Å². The minimum absolute atomic E-state index is 0.0203. The number of primary amides is 1. The predicted molar refractivity (Wildman–Crippen MR) is 113 cm³/mol. The van der Waals surface area contributed by atoms with Crippen LogP contribution in [0.15, 0.2) is 48.5 Å². The molecular formula is C21H25ClN4O3. The van der Waals surface area contributed by atoms with Crippen molar-refractivity contribution in [3.8, 4) is 5.75 Å². The normalized spacial score (nSPS) is 15.0. The number of nitrogens with zero attached hydrogens (tertiary/aromatic N) is 2. The van der Waals surface area contributed by atoms with E-state index in [1.807, 2.05) is 29.2 Å². The average Bonchev–Trinajstić information content (AvgIpc) is 2.73. The van der Waals surface area contributed by atoms with Crippen LogP contribution in [0.25, 0.3) is 0 Å². The second kappa shape index (κ2) is 9.52. The largest absolute Gasteiger partial charge is 0.497 e. The summed E-state index contributed by atoms with van der Waals surface area (Å²) >= 11 is 5.93. The number of benzene rings is 2. The van der Waals surface area contributed by atoms with Crippen LogP contribution in [0.4, 0.5) is 10.5 Å². The van der Waals surface area contributed by atoms with Gasteiger partial charge in [0.25, 0.3) is 0 Å². The average molecular weight is 417 g/mol. The highest BCUT2D eigenvalue weighted by molar-refractivity contribution is 6.30. The minimum atomic E-state index is -0.665. The first-order chi connectivity index (χ1) is 14.0. The molecule has 154 valence electrons. The van der Waals surface area contributed by atoms with E-state index in [4.69, 9.17) is 22.1 Å². The second-order valence-electron chi connectivity index (χ2n) is 6.88. The molecule has 1 heterocycles. The maximum atomic E-state index is 12.8. The van der Waals surface area contributed by atoms with E-state index in [-0.39, 0.29) is 12.3 Å². The third-order valence-electron chi connectivity index (χ3n) is 5.04. The van der Waals surface area contributed by atoms with E-state index in [1.54, 1.807) is 31.4 Å². The van der Waals surface area contributed by atoms with Crippen LogP contribution < -0.4 is 20.7 Å². The molecule has 2 aromatic carbocycles. The lowest BCUT2D eigenvalue weighted by atomic mass is 10.0. The van der Waals surface area contributed by atoms with Gasteiger partial charge >= 0.3 is 6.03 Å². The topological polar surface area (TPSA) is 87.9 Å². The number of anilines is 1. The number of hydrogen-bond acceptors (Lipinski definition) is 4. The van der Waals surface area contributed by atoms with Gasteiger partial charge in [0.1, 0.15) is 5.75 Å². The highest BCUT2D eigenvalue weighted by Gasteiger charge is 2.25. The van der Waals surface area contributed by atoms with E-state index >= 15 is 0 Å². The zero-order chi connectivity index (χ0) is 20.8. The Morgan fingerprint density at radius 2 is 1.69 bits per heavy atom. The quantitative estimate of drug-likeness (QED) is 0.757. The van der Waals surface area contributed by atoms with Crippen molar-refractivity contribution in [3.63, 3.8) is 0 Å². The molecule has 1 atom stereocenters. The van der Waals surface area contributed by atoms with Gasteiger partial charge in [0.15, 0.2) is 0 Å². The Morgan fingerprint density at radius 3 is 2.24 bits per heavy atom. The molecular weight excluding hydrogens is 392 g/mol. The lowest BCUT2D eigenvalue weighted by molar-refractivity contribution is -0.132. The predicted octanol–water partition coefficient (Wildman–Crippen LogP) is 2.80. The molecule has 0 radical (unpaired) electrons. The number of methoxy groups -OCH3 is 1. The number of halogens is 1. The number of nitrogens with two attached hydrogens (primary N) is 1. The van der Waals surface area contributed by atoms with Crippen molar-refractivity contribution in [1.82, 2.24) is 10.2 Å². The zero-order valence-corrected chi connectivity index (χ0v) is 17.1. The number of piperazine rings is 1. The summed E-state index contributed by atoms with van der Waals surface area (Å²) in [5.41, 5.74) is 7.20. The molecule has 3 rings (SSSR count).